The number of benzene rings is 1. The SMILES string of the molecule is COc1ccc([C@@H](CN)CCC(=O)OC(C)(C)C)cc1C. The summed E-state index contributed by atoms with van der Waals surface area (Å²) in [6.45, 7) is 8.13. The summed E-state index contributed by atoms with van der Waals surface area (Å²) in [5.74, 6) is 0.843. The lowest BCUT2D eigenvalue weighted by Gasteiger charge is -2.21. The van der Waals surface area contributed by atoms with E-state index in [9.17, 15) is 4.79 Å². The van der Waals surface area contributed by atoms with Gasteiger partial charge in [-0.1, -0.05) is 12.1 Å². The van der Waals surface area contributed by atoms with E-state index in [1.807, 2.05) is 39.8 Å². The van der Waals surface area contributed by atoms with Gasteiger partial charge in [-0.15, -0.1) is 0 Å². The molecule has 0 fully saturated rings. The van der Waals surface area contributed by atoms with E-state index < -0.39 is 5.60 Å². The molecule has 0 spiro atoms. The monoisotopic (exact) mass is 293 g/mol. The van der Waals surface area contributed by atoms with Crippen LogP contribution in [0.5, 0.6) is 5.75 Å². The molecule has 0 unspecified atom stereocenters. The highest BCUT2D eigenvalue weighted by Crippen LogP contribution is 2.26. The fourth-order valence-corrected chi connectivity index (χ4v) is 2.26. The zero-order chi connectivity index (χ0) is 16.0. The third kappa shape index (κ3) is 5.76. The van der Waals surface area contributed by atoms with E-state index in [-0.39, 0.29) is 11.9 Å². The normalized spacial score (nSPS) is 12.9. The Morgan fingerprint density at radius 1 is 1.33 bits per heavy atom. The van der Waals surface area contributed by atoms with Crippen LogP contribution in [0.15, 0.2) is 18.2 Å². The highest BCUT2D eigenvalue weighted by molar-refractivity contribution is 5.69. The number of hydrogen-bond acceptors (Lipinski definition) is 4. The second-order valence-corrected chi connectivity index (χ2v) is 6.29. The second kappa shape index (κ2) is 7.46. The molecule has 0 amide bonds. The van der Waals surface area contributed by atoms with Gasteiger partial charge in [-0.05, 0) is 63.8 Å². The minimum atomic E-state index is -0.438. The first-order chi connectivity index (χ1) is 9.76. The number of methoxy groups -OCH3 is 1. The Morgan fingerprint density at radius 3 is 2.48 bits per heavy atom. The summed E-state index contributed by atoms with van der Waals surface area (Å²) < 4.78 is 10.6. The highest BCUT2D eigenvalue weighted by Gasteiger charge is 2.18. The molecule has 1 rings (SSSR count). The third-order valence-electron chi connectivity index (χ3n) is 3.29. The smallest absolute Gasteiger partial charge is 0.306 e. The van der Waals surface area contributed by atoms with Gasteiger partial charge in [-0.2, -0.15) is 0 Å². The Labute approximate surface area is 127 Å². The van der Waals surface area contributed by atoms with Crippen molar-refractivity contribution < 1.29 is 14.3 Å². The van der Waals surface area contributed by atoms with Crippen molar-refractivity contribution in [2.45, 2.75) is 52.1 Å². The second-order valence-electron chi connectivity index (χ2n) is 6.29. The van der Waals surface area contributed by atoms with Crippen LogP contribution < -0.4 is 10.5 Å². The average molecular weight is 293 g/mol. The van der Waals surface area contributed by atoms with Crippen LogP contribution in [0.1, 0.15) is 50.7 Å². The first-order valence-corrected chi connectivity index (χ1v) is 7.33. The van der Waals surface area contributed by atoms with Crippen LogP contribution in [0.25, 0.3) is 0 Å². The molecule has 0 radical (unpaired) electrons. The molecule has 4 nitrogen and oxygen atoms in total. The Bertz CT molecular complexity index is 477. The molecule has 0 aliphatic rings. The number of hydrogen-bond donors (Lipinski definition) is 1. The fourth-order valence-electron chi connectivity index (χ4n) is 2.26. The minimum Gasteiger partial charge on any atom is -0.496 e. The molecule has 1 aromatic carbocycles. The van der Waals surface area contributed by atoms with Gasteiger partial charge in [0.2, 0.25) is 0 Å². The van der Waals surface area contributed by atoms with Crippen molar-refractivity contribution >= 4 is 5.97 Å². The summed E-state index contributed by atoms with van der Waals surface area (Å²) in [7, 11) is 1.66. The quantitative estimate of drug-likeness (QED) is 0.818. The van der Waals surface area contributed by atoms with Gasteiger partial charge in [-0.3, -0.25) is 4.79 Å². The highest BCUT2D eigenvalue weighted by atomic mass is 16.6. The van der Waals surface area contributed by atoms with Crippen molar-refractivity contribution in [3.05, 3.63) is 29.3 Å². The number of nitrogens with two attached hydrogens (primary N) is 1. The van der Waals surface area contributed by atoms with Crippen molar-refractivity contribution in [1.29, 1.82) is 0 Å². The Morgan fingerprint density at radius 2 is 2.00 bits per heavy atom. The number of carbonyl (C=O) groups is 1. The molecule has 0 saturated carbocycles. The summed E-state index contributed by atoms with van der Waals surface area (Å²) in [5.41, 5.74) is 7.63. The van der Waals surface area contributed by atoms with Gasteiger partial charge in [0.1, 0.15) is 11.4 Å². The van der Waals surface area contributed by atoms with Gasteiger partial charge in [0.05, 0.1) is 7.11 Å². The van der Waals surface area contributed by atoms with Gasteiger partial charge >= 0.3 is 5.97 Å². The Kier molecular flexibility index (Phi) is 6.21. The van der Waals surface area contributed by atoms with Crippen LogP contribution in [0.2, 0.25) is 0 Å². The molecule has 0 aliphatic carbocycles. The lowest BCUT2D eigenvalue weighted by Crippen LogP contribution is -2.24. The minimum absolute atomic E-state index is 0.155. The fraction of sp³-hybridized carbons (Fsp3) is 0.588. The van der Waals surface area contributed by atoms with E-state index in [0.29, 0.717) is 19.4 Å². The lowest BCUT2D eigenvalue weighted by molar-refractivity contribution is -0.155. The molecule has 0 aliphatic heterocycles. The first-order valence-electron chi connectivity index (χ1n) is 7.33. The molecule has 0 saturated heterocycles. The van der Waals surface area contributed by atoms with Gasteiger partial charge in [-0.25, -0.2) is 0 Å². The maximum Gasteiger partial charge on any atom is 0.306 e. The molecule has 118 valence electrons. The molecule has 1 atom stereocenters. The average Bonchev–Trinajstić information content (AvgIpc) is 2.37. The summed E-state index contributed by atoms with van der Waals surface area (Å²) in [4.78, 5) is 11.8. The molecule has 1 aromatic rings. The molecule has 0 aromatic heterocycles. The van der Waals surface area contributed by atoms with Gasteiger partial charge in [0, 0.05) is 6.42 Å². The largest absolute Gasteiger partial charge is 0.496 e. The van der Waals surface area contributed by atoms with Crippen molar-refractivity contribution in [1.82, 2.24) is 0 Å². The van der Waals surface area contributed by atoms with Crippen LogP contribution >= 0.6 is 0 Å². The van der Waals surface area contributed by atoms with Gasteiger partial charge in [0.25, 0.3) is 0 Å². The topological polar surface area (TPSA) is 61.5 Å². The van der Waals surface area contributed by atoms with Gasteiger partial charge in [0.15, 0.2) is 0 Å². The van der Waals surface area contributed by atoms with E-state index in [4.69, 9.17) is 15.2 Å². The number of rotatable bonds is 6. The Hall–Kier alpha value is -1.55. The third-order valence-corrected chi connectivity index (χ3v) is 3.29. The van der Waals surface area contributed by atoms with E-state index in [2.05, 4.69) is 6.07 Å². The predicted molar refractivity (Wildman–Crippen MR) is 84.6 cm³/mol. The molecule has 0 heterocycles. The zero-order valence-electron chi connectivity index (χ0n) is 13.7. The van der Waals surface area contributed by atoms with E-state index >= 15 is 0 Å². The molecule has 21 heavy (non-hydrogen) atoms. The van der Waals surface area contributed by atoms with Crippen LogP contribution in [0.3, 0.4) is 0 Å². The number of ether oxygens (including phenoxy) is 2. The first kappa shape index (κ1) is 17.5. The number of aryl methyl sites for hydroxylation is 1. The maximum absolute atomic E-state index is 11.8. The summed E-state index contributed by atoms with van der Waals surface area (Å²) in [5, 5.41) is 0. The molecular weight excluding hydrogens is 266 g/mol. The molecule has 4 heteroatoms. The van der Waals surface area contributed by atoms with Crippen molar-refractivity contribution in [3.63, 3.8) is 0 Å². The summed E-state index contributed by atoms with van der Waals surface area (Å²) >= 11 is 0. The number of esters is 1. The summed E-state index contributed by atoms with van der Waals surface area (Å²) in [6.07, 6.45) is 1.07. The van der Waals surface area contributed by atoms with Crippen LogP contribution in [0.4, 0.5) is 0 Å². The van der Waals surface area contributed by atoms with Crippen LogP contribution in [-0.4, -0.2) is 25.2 Å². The van der Waals surface area contributed by atoms with Gasteiger partial charge < -0.3 is 15.2 Å². The predicted octanol–water partition coefficient (Wildman–Crippen LogP) is 3.17. The van der Waals surface area contributed by atoms with Crippen molar-refractivity contribution in [3.8, 4) is 5.75 Å². The lowest BCUT2D eigenvalue weighted by atomic mass is 9.93. The van der Waals surface area contributed by atoms with Crippen molar-refractivity contribution in [2.24, 2.45) is 5.73 Å². The molecule has 0 bridgehead atoms. The van der Waals surface area contributed by atoms with E-state index in [1.165, 1.54) is 0 Å². The standard InChI is InChI=1S/C17H27NO3/c1-12-10-13(6-8-15(12)20-5)14(11-18)7-9-16(19)21-17(2,3)4/h6,8,10,14H,7,9,11,18H2,1-5H3/t14-/m1/s1. The number of carbonyl (C=O) groups excluding carboxylic acids is 1. The Balaban J connectivity index is 2.67. The van der Waals surface area contributed by atoms with E-state index in [0.717, 1.165) is 16.9 Å². The maximum atomic E-state index is 11.8. The molecular formula is C17H27NO3. The molecule has 2 N–H and O–H groups in total. The zero-order valence-corrected chi connectivity index (χ0v) is 13.7. The van der Waals surface area contributed by atoms with Crippen LogP contribution in [0, 0.1) is 6.92 Å². The van der Waals surface area contributed by atoms with Crippen molar-refractivity contribution in [2.75, 3.05) is 13.7 Å². The van der Waals surface area contributed by atoms with E-state index in [1.54, 1.807) is 7.11 Å². The summed E-state index contributed by atoms with van der Waals surface area (Å²) in [6, 6.07) is 6.03. The van der Waals surface area contributed by atoms with Crippen LogP contribution in [-0.2, 0) is 9.53 Å².